The number of halogens is 1. The second-order valence-electron chi connectivity index (χ2n) is 14.2. The van der Waals surface area contributed by atoms with Crippen LogP contribution in [0.4, 0.5) is 15.0 Å². The Kier molecular flexibility index (Phi) is 7.82. The molecular formula is C36H44FN7O4. The number of hydrogen-bond acceptors (Lipinski definition) is 9. The fourth-order valence-corrected chi connectivity index (χ4v) is 8.74. The number of aryl methyl sites for hydroxylation is 1. The molecule has 12 heteroatoms. The summed E-state index contributed by atoms with van der Waals surface area (Å²) in [5.41, 5.74) is 2.66. The zero-order chi connectivity index (χ0) is 33.2. The first-order valence-electron chi connectivity index (χ1n) is 17.3. The third-order valence-electron chi connectivity index (χ3n) is 11.0. The molecule has 4 aliphatic heterocycles. The standard InChI is InChI=1S/C36H44FN7O4/c1-4-27-28(37)9-6-22-14-26(45)15-29(32(22)27)43-21-38-33-30(43)16-31(40-34(33)42-17-23-7-8-24(18-42)39-23)48-20-36-11-5-13-44(36)25(10-12-36)19-47-35(46)41(2)3/h6,9,14-16,21,23-25,39,45H,4-5,7-8,10-13,17-20H2,1-3H3/t23?,24?,25-,36-/m1/s1. The molecule has 1 amide bonds. The van der Waals surface area contributed by atoms with Crippen LogP contribution in [-0.4, -0.2) is 106 Å². The quantitative estimate of drug-likeness (QED) is 0.271. The van der Waals surface area contributed by atoms with Crippen LogP contribution in [0.25, 0.3) is 27.5 Å². The van der Waals surface area contributed by atoms with Gasteiger partial charge >= 0.3 is 6.09 Å². The number of phenols is 1. The van der Waals surface area contributed by atoms with Gasteiger partial charge in [0.05, 0.1) is 16.7 Å². The molecule has 0 aliphatic carbocycles. The minimum atomic E-state index is -0.320. The molecule has 6 heterocycles. The number of anilines is 1. The van der Waals surface area contributed by atoms with Crippen molar-refractivity contribution in [3.8, 4) is 17.3 Å². The van der Waals surface area contributed by atoms with Crippen molar-refractivity contribution >= 4 is 33.7 Å². The van der Waals surface area contributed by atoms with Gasteiger partial charge in [0.15, 0.2) is 5.82 Å². The van der Waals surface area contributed by atoms with Crippen molar-refractivity contribution in [3.05, 3.63) is 48.0 Å². The minimum absolute atomic E-state index is 0.102. The Balaban J connectivity index is 1.17. The third kappa shape index (κ3) is 5.29. The molecule has 0 radical (unpaired) electrons. The van der Waals surface area contributed by atoms with Crippen molar-refractivity contribution in [2.45, 2.75) is 75.5 Å². The Labute approximate surface area is 279 Å². The molecule has 0 spiro atoms. The lowest BCUT2D eigenvalue weighted by atomic mass is 9.95. The average molecular weight is 658 g/mol. The summed E-state index contributed by atoms with van der Waals surface area (Å²) in [6, 6.07) is 9.45. The molecule has 254 valence electrons. The van der Waals surface area contributed by atoms with Gasteiger partial charge in [0.25, 0.3) is 0 Å². The number of phenolic OH excluding ortho intramolecular Hbond substituents is 1. The molecule has 2 N–H and O–H groups in total. The second-order valence-corrected chi connectivity index (χ2v) is 14.2. The monoisotopic (exact) mass is 657 g/mol. The number of ether oxygens (including phenoxy) is 2. The van der Waals surface area contributed by atoms with Gasteiger partial charge in [0.2, 0.25) is 5.88 Å². The molecule has 8 rings (SSSR count). The topological polar surface area (TPSA) is 108 Å². The number of hydrogen-bond donors (Lipinski definition) is 2. The van der Waals surface area contributed by atoms with Gasteiger partial charge in [-0.05, 0) is 74.6 Å². The molecule has 0 saturated carbocycles. The Morgan fingerprint density at radius 2 is 1.96 bits per heavy atom. The Morgan fingerprint density at radius 1 is 1.15 bits per heavy atom. The molecular weight excluding hydrogens is 613 g/mol. The molecule has 48 heavy (non-hydrogen) atoms. The van der Waals surface area contributed by atoms with E-state index < -0.39 is 0 Å². The molecule has 4 atom stereocenters. The smallest absolute Gasteiger partial charge is 0.409 e. The number of carbonyl (C=O) groups excluding carboxylic acids is 1. The van der Waals surface area contributed by atoms with E-state index >= 15 is 4.39 Å². The maximum absolute atomic E-state index is 15.2. The number of aromatic hydroxyl groups is 1. The van der Waals surface area contributed by atoms with Gasteiger partial charge < -0.3 is 29.7 Å². The first-order valence-corrected chi connectivity index (χ1v) is 17.3. The lowest BCUT2D eigenvalue weighted by Gasteiger charge is -2.35. The Hall–Kier alpha value is -4.16. The van der Waals surface area contributed by atoms with E-state index in [2.05, 4.69) is 15.1 Å². The van der Waals surface area contributed by atoms with E-state index in [1.807, 2.05) is 17.6 Å². The maximum atomic E-state index is 15.2. The number of amides is 1. The SMILES string of the molecule is CCc1c(F)ccc2cc(O)cc(-n3cnc4c(N5CC6CCC(C5)N6)nc(OC[C@]56CCCN5[C@@H](COC(=O)N(C)C)CC6)cc43)c12. The average Bonchev–Trinajstić information content (AvgIpc) is 3.85. The van der Waals surface area contributed by atoms with Crippen molar-refractivity contribution in [1.82, 2.24) is 29.7 Å². The van der Waals surface area contributed by atoms with Crippen LogP contribution in [0.1, 0.15) is 51.0 Å². The highest BCUT2D eigenvalue weighted by atomic mass is 19.1. The van der Waals surface area contributed by atoms with Gasteiger partial charge in [0, 0.05) is 62.8 Å². The highest BCUT2D eigenvalue weighted by Crippen LogP contribution is 2.43. The largest absolute Gasteiger partial charge is 0.508 e. The highest BCUT2D eigenvalue weighted by molar-refractivity contribution is 5.97. The van der Waals surface area contributed by atoms with Gasteiger partial charge in [-0.25, -0.2) is 14.2 Å². The number of rotatable bonds is 8. The van der Waals surface area contributed by atoms with E-state index in [1.54, 1.807) is 38.6 Å². The summed E-state index contributed by atoms with van der Waals surface area (Å²) in [6.45, 7) is 5.40. The normalized spacial score (nSPS) is 25.2. The minimum Gasteiger partial charge on any atom is -0.508 e. The molecule has 2 aromatic heterocycles. The number of nitrogens with one attached hydrogen (secondary N) is 1. The molecule has 2 unspecified atom stereocenters. The Bertz CT molecular complexity index is 1870. The maximum Gasteiger partial charge on any atom is 0.409 e. The summed E-state index contributed by atoms with van der Waals surface area (Å²) in [5, 5.41) is 16.0. The van der Waals surface area contributed by atoms with Gasteiger partial charge in [0.1, 0.15) is 36.6 Å². The molecule has 4 saturated heterocycles. The third-order valence-corrected chi connectivity index (χ3v) is 11.0. The van der Waals surface area contributed by atoms with E-state index in [-0.39, 0.29) is 29.2 Å². The molecule has 4 aromatic rings. The lowest BCUT2D eigenvalue weighted by Crippen LogP contribution is -2.51. The number of pyridine rings is 1. The first kappa shape index (κ1) is 31.1. The van der Waals surface area contributed by atoms with Crippen molar-refractivity contribution in [1.29, 1.82) is 0 Å². The second kappa shape index (κ2) is 12.1. The fourth-order valence-electron chi connectivity index (χ4n) is 8.74. The van der Waals surface area contributed by atoms with Crippen LogP contribution >= 0.6 is 0 Å². The van der Waals surface area contributed by atoms with Gasteiger partial charge in [-0.3, -0.25) is 9.47 Å². The zero-order valence-electron chi connectivity index (χ0n) is 27.9. The van der Waals surface area contributed by atoms with Gasteiger partial charge in [-0.1, -0.05) is 13.0 Å². The zero-order valence-corrected chi connectivity index (χ0v) is 27.9. The Morgan fingerprint density at radius 3 is 2.73 bits per heavy atom. The number of carbonyl (C=O) groups is 1. The summed E-state index contributed by atoms with van der Waals surface area (Å²) in [7, 11) is 3.40. The number of piperazine rings is 1. The van der Waals surface area contributed by atoms with E-state index in [0.29, 0.717) is 48.8 Å². The van der Waals surface area contributed by atoms with Crippen LogP contribution in [0.3, 0.4) is 0 Å². The van der Waals surface area contributed by atoms with Crippen LogP contribution in [0, 0.1) is 5.82 Å². The van der Waals surface area contributed by atoms with Crippen LogP contribution < -0.4 is 15.0 Å². The van der Waals surface area contributed by atoms with Gasteiger partial charge in [-0.2, -0.15) is 4.98 Å². The number of aromatic nitrogens is 3. The van der Waals surface area contributed by atoms with Crippen molar-refractivity contribution in [3.63, 3.8) is 0 Å². The number of imidazole rings is 1. The highest BCUT2D eigenvalue weighted by Gasteiger charge is 2.50. The van der Waals surface area contributed by atoms with Crippen LogP contribution in [-0.2, 0) is 11.2 Å². The van der Waals surface area contributed by atoms with Crippen LogP contribution in [0.5, 0.6) is 11.6 Å². The molecule has 11 nitrogen and oxygen atoms in total. The summed E-state index contributed by atoms with van der Waals surface area (Å²) in [5.74, 6) is 1.13. The summed E-state index contributed by atoms with van der Waals surface area (Å²) >= 11 is 0. The summed E-state index contributed by atoms with van der Waals surface area (Å²) < 4.78 is 29.4. The van der Waals surface area contributed by atoms with Gasteiger partial charge in [-0.15, -0.1) is 0 Å². The first-order chi connectivity index (χ1) is 23.2. The predicted molar refractivity (Wildman–Crippen MR) is 182 cm³/mol. The number of benzene rings is 2. The molecule has 4 aliphatic rings. The van der Waals surface area contributed by atoms with Crippen molar-refractivity contribution < 1.29 is 23.8 Å². The van der Waals surface area contributed by atoms with E-state index in [4.69, 9.17) is 19.4 Å². The van der Waals surface area contributed by atoms with Crippen LogP contribution in [0.2, 0.25) is 0 Å². The molecule has 2 aromatic carbocycles. The van der Waals surface area contributed by atoms with E-state index in [9.17, 15) is 9.90 Å². The predicted octanol–water partition coefficient (Wildman–Crippen LogP) is 5.00. The van der Waals surface area contributed by atoms with E-state index in [0.717, 1.165) is 85.8 Å². The van der Waals surface area contributed by atoms with Crippen molar-refractivity contribution in [2.75, 3.05) is 51.8 Å². The number of nitrogens with zero attached hydrogens (tertiary/aromatic N) is 6. The van der Waals surface area contributed by atoms with Crippen molar-refractivity contribution in [2.24, 2.45) is 0 Å². The number of fused-ring (bicyclic) bond motifs is 5. The summed E-state index contributed by atoms with van der Waals surface area (Å²) in [4.78, 5) is 28.4. The fraction of sp³-hybridized carbons (Fsp3) is 0.528. The lowest BCUT2D eigenvalue weighted by molar-refractivity contribution is 0.0494. The summed E-state index contributed by atoms with van der Waals surface area (Å²) in [6.07, 6.45) is 8.20. The molecule has 2 bridgehead atoms. The molecule has 4 fully saturated rings. The van der Waals surface area contributed by atoms with E-state index in [1.165, 1.54) is 11.0 Å². The van der Waals surface area contributed by atoms with Crippen LogP contribution in [0.15, 0.2) is 36.7 Å².